The van der Waals surface area contributed by atoms with Crippen LogP contribution < -0.4 is 21.3 Å². The summed E-state index contributed by atoms with van der Waals surface area (Å²) < 4.78 is 20.1. The minimum atomic E-state index is -0.444. The van der Waals surface area contributed by atoms with Crippen molar-refractivity contribution in [2.45, 2.75) is 53.4 Å². The van der Waals surface area contributed by atoms with Crippen molar-refractivity contribution in [1.29, 1.82) is 0 Å². The first-order valence-electron chi connectivity index (χ1n) is 18.3. The molecule has 4 amide bonds. The van der Waals surface area contributed by atoms with Crippen LogP contribution in [0.2, 0.25) is 0 Å². The van der Waals surface area contributed by atoms with E-state index < -0.39 is 30.0 Å². The van der Waals surface area contributed by atoms with Crippen LogP contribution in [-0.4, -0.2) is 62.4 Å². The molecule has 0 saturated carbocycles. The molecule has 4 aromatic carbocycles. The highest BCUT2D eigenvalue weighted by Gasteiger charge is 2.11. The molecule has 4 aromatic rings. The van der Waals surface area contributed by atoms with Gasteiger partial charge in [-0.1, -0.05) is 26.7 Å². The van der Waals surface area contributed by atoms with Crippen LogP contribution in [0.15, 0.2) is 97.1 Å². The van der Waals surface area contributed by atoms with Crippen LogP contribution in [0.25, 0.3) is 0 Å². The fraction of sp³-hybridized carbons (Fsp3) is 0.286. The number of hydrogen-bond donors (Lipinski definition) is 4. The minimum Gasteiger partial charge on any atom is -0.462 e. The summed E-state index contributed by atoms with van der Waals surface area (Å²) in [5, 5.41) is 10.7. The third-order valence-electron chi connectivity index (χ3n) is 7.48. The van der Waals surface area contributed by atoms with E-state index in [0.29, 0.717) is 71.4 Å². The van der Waals surface area contributed by atoms with E-state index >= 15 is 0 Å². The molecule has 14 heteroatoms. The zero-order chi connectivity index (χ0) is 40.7. The minimum absolute atomic E-state index is 0.302. The van der Waals surface area contributed by atoms with E-state index in [1.54, 1.807) is 111 Å². The van der Waals surface area contributed by atoms with Crippen molar-refractivity contribution >= 4 is 58.7 Å². The zero-order valence-electron chi connectivity index (χ0n) is 32.0. The molecule has 0 radical (unpaired) electrons. The third kappa shape index (κ3) is 15.3. The highest BCUT2D eigenvalue weighted by atomic mass is 16.5. The number of rotatable bonds is 16. The van der Waals surface area contributed by atoms with Gasteiger partial charge in [0.05, 0.1) is 48.7 Å². The standard InChI is InChI=1S/C22H26N2O5.C20H22N2O5/c1-3-5-6-15-29-21(26)17-9-13-19(14-10-17)24-22(27)23-18-11-7-16(8-12-18)20(25)28-4-2;1-3-13-27-19(24)15-7-11-17(12-8-15)22-20(25)21-16-9-5-14(6-10-16)18(23)26-4-2/h7-14H,3-6,15H2,1-2H3,(H2,23,24,27);5-12H,3-4,13H2,1-2H3,(H2,21,22,25). The largest absolute Gasteiger partial charge is 0.462 e. The molecule has 0 aromatic heterocycles. The Hall–Kier alpha value is -6.70. The number of esters is 4. The molecule has 4 rings (SSSR count). The van der Waals surface area contributed by atoms with E-state index in [2.05, 4.69) is 28.2 Å². The molecule has 0 aliphatic carbocycles. The summed E-state index contributed by atoms with van der Waals surface area (Å²) in [5.74, 6) is -1.59. The molecule has 0 saturated heterocycles. The van der Waals surface area contributed by atoms with Crippen LogP contribution in [0.3, 0.4) is 0 Å². The van der Waals surface area contributed by atoms with E-state index in [4.69, 9.17) is 18.9 Å². The monoisotopic (exact) mass is 768 g/mol. The van der Waals surface area contributed by atoms with Crippen molar-refractivity contribution in [3.63, 3.8) is 0 Å². The number of benzene rings is 4. The lowest BCUT2D eigenvalue weighted by Crippen LogP contribution is -2.19. The lowest BCUT2D eigenvalue weighted by atomic mass is 10.2. The summed E-state index contributed by atoms with van der Waals surface area (Å²) in [5.41, 5.74) is 3.80. The highest BCUT2D eigenvalue weighted by Crippen LogP contribution is 2.16. The van der Waals surface area contributed by atoms with Crippen LogP contribution in [0, 0.1) is 0 Å². The van der Waals surface area contributed by atoms with Crippen LogP contribution in [-0.2, 0) is 18.9 Å². The van der Waals surface area contributed by atoms with Crippen LogP contribution >= 0.6 is 0 Å². The number of carbonyl (C=O) groups excluding carboxylic acids is 6. The number of amides is 4. The first-order chi connectivity index (χ1) is 27.1. The number of unbranched alkanes of at least 4 members (excludes halogenated alkanes) is 2. The van der Waals surface area contributed by atoms with E-state index in [-0.39, 0.29) is 5.97 Å². The van der Waals surface area contributed by atoms with Gasteiger partial charge in [-0.25, -0.2) is 28.8 Å². The van der Waals surface area contributed by atoms with Gasteiger partial charge in [-0.05, 0) is 124 Å². The first-order valence-corrected chi connectivity index (χ1v) is 18.3. The van der Waals surface area contributed by atoms with E-state index in [1.165, 1.54) is 0 Å². The van der Waals surface area contributed by atoms with Gasteiger partial charge >= 0.3 is 35.9 Å². The van der Waals surface area contributed by atoms with E-state index in [0.717, 1.165) is 25.7 Å². The quantitative estimate of drug-likeness (QED) is 0.0487. The topological polar surface area (TPSA) is 187 Å². The predicted octanol–water partition coefficient (Wildman–Crippen LogP) is 8.93. The summed E-state index contributed by atoms with van der Waals surface area (Å²) in [6.45, 7) is 8.86. The molecule has 0 aliphatic rings. The maximum Gasteiger partial charge on any atom is 0.338 e. The van der Waals surface area contributed by atoms with Crippen LogP contribution in [0.4, 0.5) is 32.3 Å². The molecule has 0 aliphatic heterocycles. The second-order valence-electron chi connectivity index (χ2n) is 11.9. The Kier molecular flexibility index (Phi) is 18.6. The lowest BCUT2D eigenvalue weighted by molar-refractivity contribution is 0.0491. The average Bonchev–Trinajstić information content (AvgIpc) is 3.20. The molecular formula is C42H48N4O10. The van der Waals surface area contributed by atoms with Crippen LogP contribution in [0.5, 0.6) is 0 Å². The van der Waals surface area contributed by atoms with Crippen molar-refractivity contribution in [3.05, 3.63) is 119 Å². The normalized spacial score (nSPS) is 10.1. The second-order valence-corrected chi connectivity index (χ2v) is 11.9. The fourth-order valence-electron chi connectivity index (χ4n) is 4.65. The Labute approximate surface area is 326 Å². The van der Waals surface area contributed by atoms with Crippen molar-refractivity contribution in [2.24, 2.45) is 0 Å². The molecule has 0 fully saturated rings. The summed E-state index contributed by atoms with van der Waals surface area (Å²) in [7, 11) is 0. The SMILES string of the molecule is CCCCCOC(=O)c1ccc(NC(=O)Nc2ccc(C(=O)OCC)cc2)cc1.CCCOC(=O)c1ccc(NC(=O)Nc2ccc(C(=O)OCC)cc2)cc1. The number of ether oxygens (including phenoxy) is 4. The molecule has 0 atom stereocenters. The van der Waals surface area contributed by atoms with Crippen molar-refractivity contribution in [3.8, 4) is 0 Å². The van der Waals surface area contributed by atoms with Gasteiger partial charge in [-0.2, -0.15) is 0 Å². The summed E-state index contributed by atoms with van der Waals surface area (Å²) in [4.78, 5) is 71.1. The van der Waals surface area contributed by atoms with Crippen molar-refractivity contribution in [2.75, 3.05) is 47.7 Å². The van der Waals surface area contributed by atoms with E-state index in [9.17, 15) is 28.8 Å². The van der Waals surface area contributed by atoms with Gasteiger partial charge in [0.25, 0.3) is 0 Å². The molecule has 0 unspecified atom stereocenters. The van der Waals surface area contributed by atoms with Gasteiger partial charge in [0.1, 0.15) is 0 Å². The first kappa shape index (κ1) is 43.7. The van der Waals surface area contributed by atoms with Gasteiger partial charge in [-0.3, -0.25) is 0 Å². The Morgan fingerprint density at radius 1 is 0.375 bits per heavy atom. The Bertz CT molecular complexity index is 1880. The smallest absolute Gasteiger partial charge is 0.338 e. The number of nitrogens with one attached hydrogen (secondary N) is 4. The van der Waals surface area contributed by atoms with Crippen LogP contribution in [0.1, 0.15) is 94.8 Å². The molecule has 0 heterocycles. The second kappa shape index (κ2) is 23.9. The summed E-state index contributed by atoms with van der Waals surface area (Å²) in [6, 6.07) is 24.7. The molecule has 56 heavy (non-hydrogen) atoms. The van der Waals surface area contributed by atoms with Gasteiger partial charge in [0.15, 0.2) is 0 Å². The fourth-order valence-corrected chi connectivity index (χ4v) is 4.65. The molecule has 4 N–H and O–H groups in total. The third-order valence-corrected chi connectivity index (χ3v) is 7.48. The molecule has 0 bridgehead atoms. The van der Waals surface area contributed by atoms with Gasteiger partial charge in [-0.15, -0.1) is 0 Å². The number of anilines is 4. The van der Waals surface area contributed by atoms with Crippen molar-refractivity contribution in [1.82, 2.24) is 0 Å². The molecule has 0 spiro atoms. The number of urea groups is 2. The molecular weight excluding hydrogens is 720 g/mol. The van der Waals surface area contributed by atoms with Crippen molar-refractivity contribution < 1.29 is 47.7 Å². The van der Waals surface area contributed by atoms with Gasteiger partial charge in [0, 0.05) is 22.7 Å². The number of hydrogen-bond acceptors (Lipinski definition) is 10. The maximum absolute atomic E-state index is 12.1. The predicted molar refractivity (Wildman–Crippen MR) is 213 cm³/mol. The maximum atomic E-state index is 12.1. The Morgan fingerprint density at radius 2 is 0.661 bits per heavy atom. The average molecular weight is 769 g/mol. The Balaban J connectivity index is 0.000000301. The van der Waals surface area contributed by atoms with E-state index in [1.807, 2.05) is 6.92 Å². The zero-order valence-corrected chi connectivity index (χ0v) is 32.0. The lowest BCUT2D eigenvalue weighted by Gasteiger charge is -2.09. The summed E-state index contributed by atoms with van der Waals surface area (Å²) >= 11 is 0. The number of carbonyl (C=O) groups is 6. The molecule has 296 valence electrons. The summed E-state index contributed by atoms with van der Waals surface area (Å²) in [6.07, 6.45) is 3.70. The molecule has 14 nitrogen and oxygen atoms in total. The van der Waals surface area contributed by atoms with Gasteiger partial charge < -0.3 is 40.2 Å². The highest BCUT2D eigenvalue weighted by molar-refractivity contribution is 6.01. The van der Waals surface area contributed by atoms with Gasteiger partial charge in [0.2, 0.25) is 0 Å². The Morgan fingerprint density at radius 3 is 0.929 bits per heavy atom.